The lowest BCUT2D eigenvalue weighted by Gasteiger charge is -2.10. The van der Waals surface area contributed by atoms with Crippen molar-refractivity contribution in [3.63, 3.8) is 0 Å². The van der Waals surface area contributed by atoms with Gasteiger partial charge in [-0.05, 0) is 32.9 Å². The fourth-order valence-corrected chi connectivity index (χ4v) is 2.62. The van der Waals surface area contributed by atoms with Gasteiger partial charge in [0.25, 0.3) is 11.9 Å². The van der Waals surface area contributed by atoms with E-state index in [1.807, 2.05) is 13.8 Å². The van der Waals surface area contributed by atoms with Gasteiger partial charge in [0.15, 0.2) is 6.61 Å². The van der Waals surface area contributed by atoms with Crippen molar-refractivity contribution in [1.29, 1.82) is 0 Å². The molecule has 29 heavy (non-hydrogen) atoms. The van der Waals surface area contributed by atoms with E-state index in [0.29, 0.717) is 11.5 Å². The van der Waals surface area contributed by atoms with Gasteiger partial charge in [-0.2, -0.15) is 9.78 Å². The topological polar surface area (TPSA) is 125 Å². The SMILES string of the molecule is Cc1cc(C)nc(-n2nc(C)cc2NC(=O)COc2cc(F)ccc2[N+](=O)[O-])n1. The average molecular weight is 400 g/mol. The summed E-state index contributed by atoms with van der Waals surface area (Å²) >= 11 is 0. The summed E-state index contributed by atoms with van der Waals surface area (Å²) in [6.45, 7) is 4.79. The van der Waals surface area contributed by atoms with Crippen LogP contribution in [0.3, 0.4) is 0 Å². The lowest BCUT2D eigenvalue weighted by molar-refractivity contribution is -0.385. The third kappa shape index (κ3) is 4.69. The number of nitrogens with zero attached hydrogens (tertiary/aromatic N) is 5. The van der Waals surface area contributed by atoms with Crippen LogP contribution in [0.1, 0.15) is 17.1 Å². The molecule has 2 heterocycles. The number of rotatable bonds is 6. The Balaban J connectivity index is 1.77. The fourth-order valence-electron chi connectivity index (χ4n) is 2.62. The van der Waals surface area contributed by atoms with Gasteiger partial charge < -0.3 is 10.1 Å². The molecule has 150 valence electrons. The van der Waals surface area contributed by atoms with Crippen molar-refractivity contribution in [1.82, 2.24) is 19.7 Å². The fraction of sp³-hybridized carbons (Fsp3) is 0.222. The largest absolute Gasteiger partial charge is 0.477 e. The highest BCUT2D eigenvalue weighted by Crippen LogP contribution is 2.27. The Morgan fingerprint density at radius 2 is 1.86 bits per heavy atom. The van der Waals surface area contributed by atoms with E-state index in [1.54, 1.807) is 19.1 Å². The van der Waals surface area contributed by atoms with Crippen molar-refractivity contribution in [2.75, 3.05) is 11.9 Å². The average Bonchev–Trinajstić information content (AvgIpc) is 2.99. The van der Waals surface area contributed by atoms with E-state index in [1.165, 1.54) is 4.68 Å². The number of carbonyl (C=O) groups is 1. The van der Waals surface area contributed by atoms with Gasteiger partial charge in [0.1, 0.15) is 11.6 Å². The van der Waals surface area contributed by atoms with Crippen LogP contribution in [0.25, 0.3) is 5.95 Å². The molecule has 2 aromatic heterocycles. The number of nitrogens with one attached hydrogen (secondary N) is 1. The number of carbonyl (C=O) groups excluding carboxylic acids is 1. The first-order valence-electron chi connectivity index (χ1n) is 8.49. The third-order valence-electron chi connectivity index (χ3n) is 3.74. The first-order chi connectivity index (χ1) is 13.7. The molecule has 1 amide bonds. The van der Waals surface area contributed by atoms with Gasteiger partial charge in [-0.25, -0.2) is 14.4 Å². The Bertz CT molecular complexity index is 1080. The number of nitro groups is 1. The number of amides is 1. The number of hydrogen-bond donors (Lipinski definition) is 1. The number of hydrogen-bond acceptors (Lipinski definition) is 7. The summed E-state index contributed by atoms with van der Waals surface area (Å²) in [5, 5.41) is 17.9. The Morgan fingerprint density at radius 1 is 1.17 bits per heavy atom. The van der Waals surface area contributed by atoms with E-state index in [-0.39, 0.29) is 11.7 Å². The van der Waals surface area contributed by atoms with Crippen molar-refractivity contribution in [2.24, 2.45) is 0 Å². The number of aromatic nitrogens is 4. The molecule has 0 radical (unpaired) electrons. The lowest BCUT2D eigenvalue weighted by atomic mass is 10.3. The van der Waals surface area contributed by atoms with E-state index in [4.69, 9.17) is 4.74 Å². The standard InChI is InChI=1S/C18H17FN6O4/c1-10-6-11(2)21-18(20-10)24-16(7-12(3)23-24)22-17(26)9-29-15-8-13(19)4-5-14(15)25(27)28/h4-8H,9H2,1-3H3,(H,22,26). The maximum atomic E-state index is 13.4. The van der Waals surface area contributed by atoms with Crippen molar-refractivity contribution >= 4 is 17.4 Å². The molecule has 0 aliphatic rings. The van der Waals surface area contributed by atoms with Crippen molar-refractivity contribution < 1.29 is 18.8 Å². The predicted octanol–water partition coefficient (Wildman–Crippen LogP) is 2.65. The van der Waals surface area contributed by atoms with Gasteiger partial charge in [0, 0.05) is 29.6 Å². The molecule has 0 unspecified atom stereocenters. The van der Waals surface area contributed by atoms with Gasteiger partial charge in [0.2, 0.25) is 5.75 Å². The summed E-state index contributed by atoms with van der Waals surface area (Å²) in [4.78, 5) is 31.2. The molecule has 0 aliphatic heterocycles. The van der Waals surface area contributed by atoms with E-state index in [0.717, 1.165) is 29.6 Å². The number of halogens is 1. The monoisotopic (exact) mass is 400 g/mol. The summed E-state index contributed by atoms with van der Waals surface area (Å²) < 4.78 is 19.9. The van der Waals surface area contributed by atoms with E-state index in [9.17, 15) is 19.3 Å². The first-order valence-corrected chi connectivity index (χ1v) is 8.49. The van der Waals surface area contributed by atoms with Crippen LogP contribution in [0.2, 0.25) is 0 Å². The molecule has 0 bridgehead atoms. The molecule has 0 saturated carbocycles. The Morgan fingerprint density at radius 3 is 2.52 bits per heavy atom. The minimum Gasteiger partial charge on any atom is -0.477 e. The second kappa shape index (κ2) is 8.00. The molecule has 0 atom stereocenters. The van der Waals surface area contributed by atoms with Crippen LogP contribution in [-0.4, -0.2) is 37.2 Å². The second-order valence-electron chi connectivity index (χ2n) is 6.24. The van der Waals surface area contributed by atoms with Crippen LogP contribution in [-0.2, 0) is 4.79 Å². The molecule has 0 aliphatic carbocycles. The van der Waals surface area contributed by atoms with Crippen LogP contribution < -0.4 is 10.1 Å². The number of aryl methyl sites for hydroxylation is 3. The molecule has 3 aromatic rings. The summed E-state index contributed by atoms with van der Waals surface area (Å²) in [5.41, 5.74) is 1.65. The zero-order valence-corrected chi connectivity index (χ0v) is 15.8. The molecule has 1 N–H and O–H groups in total. The molecule has 11 heteroatoms. The van der Waals surface area contributed by atoms with E-state index >= 15 is 0 Å². The van der Waals surface area contributed by atoms with Crippen molar-refractivity contribution in [3.05, 3.63) is 63.3 Å². The maximum absolute atomic E-state index is 13.4. The highest BCUT2D eigenvalue weighted by atomic mass is 19.1. The maximum Gasteiger partial charge on any atom is 0.311 e. The summed E-state index contributed by atoms with van der Waals surface area (Å²) in [7, 11) is 0. The van der Waals surface area contributed by atoms with E-state index in [2.05, 4.69) is 20.4 Å². The number of anilines is 1. The Hall–Kier alpha value is -3.89. The number of ether oxygens (including phenoxy) is 1. The quantitative estimate of drug-likeness (QED) is 0.498. The Labute approximate surface area is 164 Å². The van der Waals surface area contributed by atoms with Crippen LogP contribution in [0.15, 0.2) is 30.3 Å². The Kier molecular flexibility index (Phi) is 5.48. The minimum absolute atomic E-state index is 0.285. The summed E-state index contributed by atoms with van der Waals surface area (Å²) in [6.07, 6.45) is 0. The molecule has 0 saturated heterocycles. The summed E-state index contributed by atoms with van der Waals surface area (Å²) in [5.74, 6) is -1.09. The van der Waals surface area contributed by atoms with Gasteiger partial charge in [0.05, 0.1) is 10.6 Å². The third-order valence-corrected chi connectivity index (χ3v) is 3.74. The molecule has 0 spiro atoms. The lowest BCUT2D eigenvalue weighted by Crippen LogP contribution is -2.22. The molecule has 3 rings (SSSR count). The van der Waals surface area contributed by atoms with Gasteiger partial charge in [-0.1, -0.05) is 0 Å². The van der Waals surface area contributed by atoms with Crippen LogP contribution >= 0.6 is 0 Å². The summed E-state index contributed by atoms with van der Waals surface area (Å²) in [6, 6.07) is 6.18. The number of nitro benzene ring substituents is 1. The smallest absolute Gasteiger partial charge is 0.311 e. The zero-order valence-electron chi connectivity index (χ0n) is 15.8. The number of benzene rings is 1. The van der Waals surface area contributed by atoms with E-state index < -0.39 is 28.9 Å². The molecular weight excluding hydrogens is 383 g/mol. The molecular formula is C18H17FN6O4. The highest BCUT2D eigenvalue weighted by Gasteiger charge is 2.18. The normalized spacial score (nSPS) is 10.6. The first kappa shape index (κ1) is 19.9. The van der Waals surface area contributed by atoms with Crippen LogP contribution in [0, 0.1) is 36.7 Å². The van der Waals surface area contributed by atoms with Gasteiger partial charge in [-0.3, -0.25) is 14.9 Å². The zero-order chi connectivity index (χ0) is 21.1. The van der Waals surface area contributed by atoms with Gasteiger partial charge in [-0.15, -0.1) is 0 Å². The second-order valence-corrected chi connectivity index (χ2v) is 6.24. The highest BCUT2D eigenvalue weighted by molar-refractivity contribution is 5.91. The molecule has 10 nitrogen and oxygen atoms in total. The van der Waals surface area contributed by atoms with Gasteiger partial charge >= 0.3 is 5.69 Å². The molecule has 1 aromatic carbocycles. The van der Waals surface area contributed by atoms with Crippen molar-refractivity contribution in [2.45, 2.75) is 20.8 Å². The van der Waals surface area contributed by atoms with Crippen LogP contribution in [0.5, 0.6) is 5.75 Å². The molecule has 0 fully saturated rings. The minimum atomic E-state index is -0.720. The predicted molar refractivity (Wildman–Crippen MR) is 101 cm³/mol. The van der Waals surface area contributed by atoms with Crippen LogP contribution in [0.4, 0.5) is 15.9 Å². The van der Waals surface area contributed by atoms with Crippen molar-refractivity contribution in [3.8, 4) is 11.7 Å².